The highest BCUT2D eigenvalue weighted by atomic mass is 31.1. The lowest BCUT2D eigenvalue weighted by atomic mass is 10.3. The number of rotatable bonds is 5. The van der Waals surface area contributed by atoms with Gasteiger partial charge in [-0.25, -0.2) is 0 Å². The highest BCUT2D eigenvalue weighted by Crippen LogP contribution is 2.40. The van der Waals surface area contributed by atoms with Crippen molar-refractivity contribution >= 4 is 8.22 Å². The van der Waals surface area contributed by atoms with E-state index in [0.29, 0.717) is 0 Å². The molecule has 0 radical (unpaired) electrons. The molecule has 2 aromatic heterocycles. The van der Waals surface area contributed by atoms with Crippen molar-refractivity contribution in [1.82, 2.24) is 8.68 Å². The number of allylic oxidation sites excluding steroid dienone is 1. The number of aromatic nitrogens is 2. The van der Waals surface area contributed by atoms with Crippen LogP contribution in [0.5, 0.6) is 0 Å². The van der Waals surface area contributed by atoms with Gasteiger partial charge >= 0.3 is 0 Å². The van der Waals surface area contributed by atoms with E-state index in [2.05, 4.69) is 76.5 Å². The van der Waals surface area contributed by atoms with Gasteiger partial charge < -0.3 is 8.68 Å². The molecule has 2 rings (SSSR count). The first-order valence-corrected chi connectivity index (χ1v) is 6.96. The zero-order valence-electron chi connectivity index (χ0n) is 9.53. The normalized spacial score (nSPS) is 11.6. The number of unbranched alkanes of at least 4 members (excludes halogenated alkanes) is 1. The fraction of sp³-hybridized carbons (Fsp3) is 0.231. The van der Waals surface area contributed by atoms with Crippen LogP contribution in [-0.4, -0.2) is 8.68 Å². The molecule has 0 aliphatic rings. The number of nitrogens with zero attached hydrogens (tertiary/aromatic N) is 2. The van der Waals surface area contributed by atoms with E-state index in [1.165, 1.54) is 6.42 Å². The third-order valence-corrected chi connectivity index (χ3v) is 4.30. The maximum atomic E-state index is 2.32. The molecule has 0 aliphatic carbocycles. The van der Waals surface area contributed by atoms with E-state index in [4.69, 9.17) is 0 Å². The van der Waals surface area contributed by atoms with Gasteiger partial charge in [-0.05, 0) is 36.5 Å². The summed E-state index contributed by atoms with van der Waals surface area (Å²) in [6.07, 6.45) is 13.2. The van der Waals surface area contributed by atoms with Gasteiger partial charge in [0.25, 0.3) is 0 Å². The molecule has 2 aromatic rings. The van der Waals surface area contributed by atoms with Crippen LogP contribution in [0.4, 0.5) is 0 Å². The van der Waals surface area contributed by atoms with E-state index >= 15 is 0 Å². The van der Waals surface area contributed by atoms with E-state index in [0.717, 1.165) is 6.42 Å². The Morgan fingerprint density at radius 2 is 1.44 bits per heavy atom. The van der Waals surface area contributed by atoms with Crippen LogP contribution in [0.15, 0.2) is 60.9 Å². The van der Waals surface area contributed by atoms with Crippen molar-refractivity contribution in [3.8, 4) is 0 Å². The third kappa shape index (κ3) is 2.65. The molecule has 0 spiro atoms. The third-order valence-electron chi connectivity index (χ3n) is 2.34. The predicted octanol–water partition coefficient (Wildman–Crippen LogP) is 4.31. The van der Waals surface area contributed by atoms with Crippen molar-refractivity contribution in [3.63, 3.8) is 0 Å². The average molecular weight is 232 g/mol. The molecule has 0 amide bonds. The fourth-order valence-corrected chi connectivity index (χ4v) is 3.27. The fourth-order valence-electron chi connectivity index (χ4n) is 1.53. The summed E-state index contributed by atoms with van der Waals surface area (Å²) in [4.78, 5) is 0. The summed E-state index contributed by atoms with van der Waals surface area (Å²) >= 11 is 0. The minimum absolute atomic E-state index is 0.436. The van der Waals surface area contributed by atoms with Gasteiger partial charge in [0.2, 0.25) is 0 Å². The van der Waals surface area contributed by atoms with Crippen molar-refractivity contribution in [3.05, 3.63) is 60.9 Å². The molecule has 0 aliphatic heterocycles. The van der Waals surface area contributed by atoms with Crippen molar-refractivity contribution < 1.29 is 0 Å². The van der Waals surface area contributed by atoms with Crippen LogP contribution in [0.3, 0.4) is 0 Å². The van der Waals surface area contributed by atoms with Crippen LogP contribution in [0, 0.1) is 0 Å². The molecule has 0 aromatic carbocycles. The Kier molecular flexibility index (Phi) is 4.01. The van der Waals surface area contributed by atoms with Crippen LogP contribution in [-0.2, 0) is 0 Å². The molecule has 0 N–H and O–H groups in total. The predicted molar refractivity (Wildman–Crippen MR) is 70.6 cm³/mol. The Morgan fingerprint density at radius 1 is 0.938 bits per heavy atom. The molecular formula is C13H17N2P. The summed E-state index contributed by atoms with van der Waals surface area (Å²) in [6, 6.07) is 8.30. The second-order valence-corrected chi connectivity index (χ2v) is 5.48. The summed E-state index contributed by atoms with van der Waals surface area (Å²) in [7, 11) is -0.436. The van der Waals surface area contributed by atoms with E-state index in [1.807, 2.05) is 0 Å². The molecule has 0 bridgehead atoms. The molecule has 0 unspecified atom stereocenters. The summed E-state index contributed by atoms with van der Waals surface area (Å²) in [5.74, 6) is 2.32. The van der Waals surface area contributed by atoms with Gasteiger partial charge in [0.15, 0.2) is 0 Å². The second-order valence-electron chi connectivity index (χ2n) is 3.62. The standard InChI is InChI=1S/C13H17N2P/c1-2-3-8-13-16(14-9-4-5-10-14)15-11-6-7-12-15/h4-13H,2-3H2,1H3. The van der Waals surface area contributed by atoms with Crippen molar-refractivity contribution in [2.75, 3.05) is 0 Å². The van der Waals surface area contributed by atoms with Gasteiger partial charge in [-0.2, -0.15) is 0 Å². The Morgan fingerprint density at radius 3 is 1.88 bits per heavy atom. The minimum Gasteiger partial charge on any atom is -0.313 e. The van der Waals surface area contributed by atoms with Gasteiger partial charge in [0, 0.05) is 24.8 Å². The smallest absolute Gasteiger partial charge is 0.128 e. The molecule has 0 fully saturated rings. The molecule has 84 valence electrons. The van der Waals surface area contributed by atoms with E-state index in [9.17, 15) is 0 Å². The molecule has 3 heteroatoms. The number of hydrogen-bond acceptors (Lipinski definition) is 0. The quantitative estimate of drug-likeness (QED) is 0.680. The average Bonchev–Trinajstić information content (AvgIpc) is 2.97. The highest BCUT2D eigenvalue weighted by Gasteiger charge is 2.06. The minimum atomic E-state index is -0.436. The number of hydrogen-bond donors (Lipinski definition) is 0. The van der Waals surface area contributed by atoms with Crippen LogP contribution in [0.2, 0.25) is 0 Å². The topological polar surface area (TPSA) is 9.86 Å². The largest absolute Gasteiger partial charge is 0.313 e. The molecule has 16 heavy (non-hydrogen) atoms. The van der Waals surface area contributed by atoms with Gasteiger partial charge in [0.05, 0.1) is 0 Å². The highest BCUT2D eigenvalue weighted by molar-refractivity contribution is 7.57. The Bertz CT molecular complexity index is 380. The summed E-state index contributed by atoms with van der Waals surface area (Å²) in [6.45, 7) is 2.21. The maximum Gasteiger partial charge on any atom is 0.128 e. The zero-order valence-corrected chi connectivity index (χ0v) is 10.4. The van der Waals surface area contributed by atoms with Gasteiger partial charge in [-0.15, -0.1) is 0 Å². The first-order valence-electron chi connectivity index (χ1n) is 5.64. The molecule has 2 heterocycles. The van der Waals surface area contributed by atoms with Crippen LogP contribution in [0.25, 0.3) is 0 Å². The van der Waals surface area contributed by atoms with E-state index in [1.54, 1.807) is 0 Å². The lowest BCUT2D eigenvalue weighted by molar-refractivity contribution is 0.959. The SMILES string of the molecule is CCCC=CP(n1cccc1)n1cccc1. The van der Waals surface area contributed by atoms with Crippen molar-refractivity contribution in [2.45, 2.75) is 19.8 Å². The lowest BCUT2D eigenvalue weighted by Gasteiger charge is -2.16. The Hall–Kier alpha value is -1.27. The van der Waals surface area contributed by atoms with Crippen LogP contribution >= 0.6 is 8.22 Å². The molecule has 0 saturated heterocycles. The molecule has 2 nitrogen and oxygen atoms in total. The van der Waals surface area contributed by atoms with Crippen molar-refractivity contribution in [2.24, 2.45) is 0 Å². The van der Waals surface area contributed by atoms with Gasteiger partial charge in [0.1, 0.15) is 8.22 Å². The summed E-state index contributed by atoms with van der Waals surface area (Å²) < 4.78 is 4.53. The van der Waals surface area contributed by atoms with Crippen LogP contribution < -0.4 is 0 Å². The zero-order chi connectivity index (χ0) is 11.2. The van der Waals surface area contributed by atoms with Gasteiger partial charge in [-0.1, -0.05) is 19.4 Å². The first kappa shape index (κ1) is 11.2. The van der Waals surface area contributed by atoms with Crippen LogP contribution in [0.1, 0.15) is 19.8 Å². The van der Waals surface area contributed by atoms with Gasteiger partial charge in [-0.3, -0.25) is 0 Å². The first-order chi connectivity index (χ1) is 7.92. The van der Waals surface area contributed by atoms with E-state index < -0.39 is 8.22 Å². The summed E-state index contributed by atoms with van der Waals surface area (Å²) in [5.41, 5.74) is 0. The maximum absolute atomic E-state index is 2.32. The molecule has 0 atom stereocenters. The Labute approximate surface area is 98.1 Å². The Balaban J connectivity index is 2.21. The second kappa shape index (κ2) is 5.72. The molecular weight excluding hydrogens is 215 g/mol. The summed E-state index contributed by atoms with van der Waals surface area (Å²) in [5, 5.41) is 0. The lowest BCUT2D eigenvalue weighted by Crippen LogP contribution is -1.94. The van der Waals surface area contributed by atoms with Crippen molar-refractivity contribution in [1.29, 1.82) is 0 Å². The van der Waals surface area contributed by atoms with E-state index in [-0.39, 0.29) is 0 Å². The monoisotopic (exact) mass is 232 g/mol. The molecule has 0 saturated carbocycles.